The molecule has 0 saturated carbocycles. The largest absolute Gasteiger partial charge is 0.272 e. The van der Waals surface area contributed by atoms with Gasteiger partial charge in [-0.1, -0.05) is 30.3 Å². The summed E-state index contributed by atoms with van der Waals surface area (Å²) in [5.41, 5.74) is 4.75. The van der Waals surface area contributed by atoms with Gasteiger partial charge in [0, 0.05) is 11.9 Å². The Morgan fingerprint density at radius 3 is 2.67 bits per heavy atom. The van der Waals surface area contributed by atoms with Crippen LogP contribution in [-0.4, -0.2) is 17.1 Å². The molecule has 2 rings (SSSR count). The van der Waals surface area contributed by atoms with Gasteiger partial charge in [0.2, 0.25) is 0 Å². The first-order valence-corrected chi connectivity index (χ1v) is 5.57. The van der Waals surface area contributed by atoms with Gasteiger partial charge >= 0.3 is 0 Å². The van der Waals surface area contributed by atoms with Gasteiger partial charge in [-0.2, -0.15) is 5.10 Å². The summed E-state index contributed by atoms with van der Waals surface area (Å²) in [7, 11) is 0. The maximum atomic E-state index is 11.7. The Kier molecular flexibility index (Phi) is 3.81. The van der Waals surface area contributed by atoms with Crippen molar-refractivity contribution in [2.24, 2.45) is 5.10 Å². The topological polar surface area (TPSA) is 54.4 Å². The number of nitrogens with one attached hydrogen (secondary N) is 1. The Balaban J connectivity index is 1.96. The lowest BCUT2D eigenvalue weighted by Gasteiger charge is -1.99. The Morgan fingerprint density at radius 2 is 2.00 bits per heavy atom. The minimum Gasteiger partial charge on any atom is -0.267 e. The van der Waals surface area contributed by atoms with Gasteiger partial charge in [-0.05, 0) is 24.6 Å². The van der Waals surface area contributed by atoms with Gasteiger partial charge in [0.25, 0.3) is 5.91 Å². The van der Waals surface area contributed by atoms with Crippen LogP contribution in [0.3, 0.4) is 0 Å². The zero-order valence-electron chi connectivity index (χ0n) is 10.00. The summed E-state index contributed by atoms with van der Waals surface area (Å²) in [6.45, 7) is 1.87. The molecule has 0 spiro atoms. The second-order valence-electron chi connectivity index (χ2n) is 3.80. The van der Waals surface area contributed by atoms with Crippen LogP contribution in [0.1, 0.15) is 21.6 Å². The van der Waals surface area contributed by atoms with Crippen LogP contribution in [0.25, 0.3) is 0 Å². The van der Waals surface area contributed by atoms with Crippen LogP contribution in [0.5, 0.6) is 0 Å². The number of aromatic nitrogens is 1. The number of hydrogen-bond acceptors (Lipinski definition) is 3. The zero-order valence-corrected chi connectivity index (χ0v) is 10.00. The maximum Gasteiger partial charge on any atom is 0.272 e. The Labute approximate surface area is 105 Å². The number of carbonyl (C=O) groups is 1. The van der Waals surface area contributed by atoms with Gasteiger partial charge in [0.05, 0.1) is 11.8 Å². The molecule has 0 aliphatic carbocycles. The highest BCUT2D eigenvalue weighted by Gasteiger charge is 2.03. The molecule has 4 heteroatoms. The minimum atomic E-state index is -0.269. The zero-order chi connectivity index (χ0) is 12.8. The summed E-state index contributed by atoms with van der Waals surface area (Å²) in [6, 6.07) is 13.1. The van der Waals surface area contributed by atoms with E-state index in [1.54, 1.807) is 18.3 Å². The number of hydrogen-bond donors (Lipinski definition) is 1. The average molecular weight is 239 g/mol. The first kappa shape index (κ1) is 12.0. The van der Waals surface area contributed by atoms with Gasteiger partial charge in [-0.3, -0.25) is 9.78 Å². The summed E-state index contributed by atoms with van der Waals surface area (Å²) in [6.07, 6.45) is 3.13. The molecule has 0 aliphatic rings. The first-order chi connectivity index (χ1) is 8.75. The molecule has 4 nitrogen and oxygen atoms in total. The lowest BCUT2D eigenvalue weighted by atomic mass is 10.2. The number of amides is 1. The lowest BCUT2D eigenvalue weighted by Crippen LogP contribution is -2.17. The van der Waals surface area contributed by atoms with Crippen molar-refractivity contribution in [3.63, 3.8) is 0 Å². The van der Waals surface area contributed by atoms with Crippen molar-refractivity contribution < 1.29 is 4.79 Å². The van der Waals surface area contributed by atoms with E-state index >= 15 is 0 Å². The standard InChI is InChI=1S/C14H13N3O/c1-11-7-8-13(10-15-11)14(18)17-16-9-12-5-3-2-4-6-12/h2-10H,1H3,(H,17,18). The summed E-state index contributed by atoms with van der Waals surface area (Å²) in [5.74, 6) is -0.269. The molecule has 18 heavy (non-hydrogen) atoms. The van der Waals surface area contributed by atoms with Crippen LogP contribution >= 0.6 is 0 Å². The normalized spacial score (nSPS) is 10.5. The molecule has 1 aromatic carbocycles. The molecule has 90 valence electrons. The molecule has 1 amide bonds. The lowest BCUT2D eigenvalue weighted by molar-refractivity contribution is 0.0955. The molecule has 0 saturated heterocycles. The number of nitrogens with zero attached hydrogens (tertiary/aromatic N) is 2. The average Bonchev–Trinajstić information content (AvgIpc) is 2.40. The number of rotatable bonds is 3. The van der Waals surface area contributed by atoms with E-state index in [-0.39, 0.29) is 5.91 Å². The van der Waals surface area contributed by atoms with Crippen molar-refractivity contribution in [1.29, 1.82) is 0 Å². The molecule has 1 heterocycles. The molecule has 0 aliphatic heterocycles. The molecule has 0 radical (unpaired) electrons. The van der Waals surface area contributed by atoms with E-state index in [1.165, 1.54) is 6.20 Å². The van der Waals surface area contributed by atoms with Crippen LogP contribution in [0.2, 0.25) is 0 Å². The van der Waals surface area contributed by atoms with Crippen molar-refractivity contribution >= 4 is 12.1 Å². The van der Waals surface area contributed by atoms with Gasteiger partial charge in [0.1, 0.15) is 0 Å². The molecule has 1 N–H and O–H groups in total. The molecule has 0 fully saturated rings. The van der Waals surface area contributed by atoms with Crippen LogP contribution in [-0.2, 0) is 0 Å². The smallest absolute Gasteiger partial charge is 0.267 e. The van der Waals surface area contributed by atoms with E-state index < -0.39 is 0 Å². The first-order valence-electron chi connectivity index (χ1n) is 5.57. The third kappa shape index (κ3) is 3.25. The second-order valence-corrected chi connectivity index (χ2v) is 3.80. The van der Waals surface area contributed by atoms with E-state index in [0.29, 0.717) is 5.56 Å². The third-order valence-electron chi connectivity index (χ3n) is 2.35. The van der Waals surface area contributed by atoms with E-state index in [9.17, 15) is 4.79 Å². The molecule has 2 aromatic rings. The Morgan fingerprint density at radius 1 is 1.22 bits per heavy atom. The van der Waals surface area contributed by atoms with Crippen LogP contribution < -0.4 is 5.43 Å². The molecule has 1 aromatic heterocycles. The maximum absolute atomic E-state index is 11.7. The minimum absolute atomic E-state index is 0.269. The number of hydrazone groups is 1. The second kappa shape index (κ2) is 5.72. The molecule has 0 atom stereocenters. The number of pyridine rings is 1. The van der Waals surface area contributed by atoms with Crippen molar-refractivity contribution in [3.8, 4) is 0 Å². The fourth-order valence-electron chi connectivity index (χ4n) is 1.37. The molecule has 0 unspecified atom stereocenters. The van der Waals surface area contributed by atoms with Crippen molar-refractivity contribution in [1.82, 2.24) is 10.4 Å². The van der Waals surface area contributed by atoms with Crippen LogP contribution in [0, 0.1) is 6.92 Å². The number of carbonyl (C=O) groups excluding carboxylic acids is 1. The predicted octanol–water partition coefficient (Wildman–Crippen LogP) is 2.15. The van der Waals surface area contributed by atoms with Gasteiger partial charge in [0.15, 0.2) is 0 Å². The molecular weight excluding hydrogens is 226 g/mol. The van der Waals surface area contributed by atoms with Gasteiger partial charge < -0.3 is 0 Å². The summed E-state index contributed by atoms with van der Waals surface area (Å²) in [5, 5.41) is 3.89. The molecule has 0 bridgehead atoms. The van der Waals surface area contributed by atoms with Crippen molar-refractivity contribution in [2.75, 3.05) is 0 Å². The summed E-state index contributed by atoms with van der Waals surface area (Å²) >= 11 is 0. The highest BCUT2D eigenvalue weighted by Crippen LogP contribution is 1.99. The fraction of sp³-hybridized carbons (Fsp3) is 0.0714. The third-order valence-corrected chi connectivity index (χ3v) is 2.35. The highest BCUT2D eigenvalue weighted by molar-refractivity contribution is 5.94. The van der Waals surface area contributed by atoms with Crippen LogP contribution in [0.15, 0.2) is 53.8 Å². The Hall–Kier alpha value is -2.49. The fourth-order valence-corrected chi connectivity index (χ4v) is 1.37. The van der Waals surface area contributed by atoms with E-state index in [4.69, 9.17) is 0 Å². The van der Waals surface area contributed by atoms with E-state index in [0.717, 1.165) is 11.3 Å². The van der Waals surface area contributed by atoms with Crippen molar-refractivity contribution in [3.05, 3.63) is 65.5 Å². The van der Waals surface area contributed by atoms with Crippen molar-refractivity contribution in [2.45, 2.75) is 6.92 Å². The van der Waals surface area contributed by atoms with E-state index in [1.807, 2.05) is 37.3 Å². The highest BCUT2D eigenvalue weighted by atomic mass is 16.2. The monoisotopic (exact) mass is 239 g/mol. The summed E-state index contributed by atoms with van der Waals surface area (Å²) < 4.78 is 0. The number of benzene rings is 1. The van der Waals surface area contributed by atoms with Crippen LogP contribution in [0.4, 0.5) is 0 Å². The van der Waals surface area contributed by atoms with Gasteiger partial charge in [-0.15, -0.1) is 0 Å². The molecular formula is C14H13N3O. The Bertz CT molecular complexity index is 547. The number of aryl methyl sites for hydroxylation is 1. The quantitative estimate of drug-likeness (QED) is 0.659. The van der Waals surface area contributed by atoms with Gasteiger partial charge in [-0.25, -0.2) is 5.43 Å². The predicted molar refractivity (Wildman–Crippen MR) is 70.5 cm³/mol. The van der Waals surface area contributed by atoms with E-state index in [2.05, 4.69) is 15.5 Å². The SMILES string of the molecule is Cc1ccc(C(=O)NN=Cc2ccccc2)cn1. The summed E-state index contributed by atoms with van der Waals surface area (Å²) in [4.78, 5) is 15.7.